The molecule has 1 amide bonds. The Bertz CT molecular complexity index is 587. The Labute approximate surface area is 138 Å². The number of nitrogens with two attached hydrogens (primary N) is 1. The van der Waals surface area contributed by atoms with Crippen LogP contribution in [0.25, 0.3) is 0 Å². The van der Waals surface area contributed by atoms with Crippen LogP contribution >= 0.6 is 45.7 Å². The number of aromatic nitrogens is 2. The van der Waals surface area contributed by atoms with E-state index in [2.05, 4.69) is 38.1 Å². The van der Waals surface area contributed by atoms with E-state index in [0.717, 1.165) is 9.26 Å². The number of benzene rings is 1. The molecule has 2 rings (SSSR count). The van der Waals surface area contributed by atoms with Crippen molar-refractivity contribution in [3.63, 3.8) is 0 Å². The summed E-state index contributed by atoms with van der Waals surface area (Å²) < 4.78 is 1.85. The summed E-state index contributed by atoms with van der Waals surface area (Å²) in [6, 6.07) is 7.69. The summed E-state index contributed by atoms with van der Waals surface area (Å²) in [6.45, 7) is 1.97. The van der Waals surface area contributed by atoms with Crippen LogP contribution in [0, 0.1) is 3.57 Å². The minimum Gasteiger partial charge on any atom is -0.374 e. The van der Waals surface area contributed by atoms with Gasteiger partial charge in [-0.3, -0.25) is 4.79 Å². The Morgan fingerprint density at radius 2 is 2.15 bits per heavy atom. The highest BCUT2D eigenvalue weighted by atomic mass is 127. The normalized spacial score (nSPS) is 12.1. The molecule has 5 nitrogen and oxygen atoms in total. The largest absolute Gasteiger partial charge is 0.374 e. The minimum absolute atomic E-state index is 0.0347. The number of amides is 1. The number of thioether (sulfide) groups is 1. The van der Waals surface area contributed by atoms with Gasteiger partial charge in [0.1, 0.15) is 0 Å². The molecule has 0 spiro atoms. The van der Waals surface area contributed by atoms with E-state index in [4.69, 9.17) is 5.73 Å². The van der Waals surface area contributed by atoms with E-state index in [9.17, 15) is 4.79 Å². The molecule has 0 bridgehead atoms. The summed E-state index contributed by atoms with van der Waals surface area (Å²) in [7, 11) is 0. The Kier molecular flexibility index (Phi) is 5.61. The van der Waals surface area contributed by atoms with Gasteiger partial charge < -0.3 is 11.1 Å². The Morgan fingerprint density at radius 3 is 2.70 bits per heavy atom. The third-order valence-electron chi connectivity index (χ3n) is 2.44. The number of carbonyl (C=O) groups excluding carboxylic acids is 1. The second-order valence-corrected chi connectivity index (χ2v) is 7.62. The smallest absolute Gasteiger partial charge is 0.237 e. The lowest BCUT2D eigenvalue weighted by Crippen LogP contribution is -2.24. The van der Waals surface area contributed by atoms with Crippen LogP contribution in [-0.4, -0.2) is 21.4 Å². The van der Waals surface area contributed by atoms with Gasteiger partial charge in [0.25, 0.3) is 0 Å². The first-order valence-electron chi connectivity index (χ1n) is 5.90. The molecule has 106 valence electrons. The van der Waals surface area contributed by atoms with Crippen LogP contribution in [0.15, 0.2) is 28.6 Å². The van der Waals surface area contributed by atoms with E-state index < -0.39 is 0 Å². The average molecular weight is 420 g/mol. The lowest BCUT2D eigenvalue weighted by Gasteiger charge is -2.13. The van der Waals surface area contributed by atoms with Crippen LogP contribution in [0.2, 0.25) is 0 Å². The predicted octanol–water partition coefficient (Wildman–Crippen LogP) is 3.23. The number of hydrogen-bond donors (Lipinski definition) is 2. The zero-order valence-corrected chi connectivity index (χ0v) is 14.5. The quantitative estimate of drug-likeness (QED) is 0.574. The molecule has 1 aromatic carbocycles. The number of nitrogens with zero attached hydrogens (tertiary/aromatic N) is 2. The van der Waals surface area contributed by atoms with Gasteiger partial charge >= 0.3 is 0 Å². The monoisotopic (exact) mass is 420 g/mol. The standard InChI is InChI=1S/C12H13IN4OS2/c1-2-9(19-12-17-16-11(14)20-12)10(18)15-8-5-3-7(13)4-6-8/h3-6,9H,2H2,1H3,(H2,14,16)(H,15,18). The van der Waals surface area contributed by atoms with E-state index in [1.54, 1.807) is 0 Å². The van der Waals surface area contributed by atoms with E-state index in [-0.39, 0.29) is 11.2 Å². The van der Waals surface area contributed by atoms with Crippen molar-refractivity contribution in [2.24, 2.45) is 0 Å². The number of carbonyl (C=O) groups is 1. The number of nitrogen functional groups attached to an aromatic ring is 1. The number of hydrogen-bond acceptors (Lipinski definition) is 6. The maximum atomic E-state index is 12.2. The molecule has 0 saturated heterocycles. The maximum absolute atomic E-state index is 12.2. The van der Waals surface area contributed by atoms with E-state index in [1.165, 1.54) is 23.1 Å². The second kappa shape index (κ2) is 7.23. The van der Waals surface area contributed by atoms with Crippen LogP contribution in [0.4, 0.5) is 10.8 Å². The van der Waals surface area contributed by atoms with Crippen molar-refractivity contribution in [1.82, 2.24) is 10.2 Å². The van der Waals surface area contributed by atoms with Crippen molar-refractivity contribution in [3.05, 3.63) is 27.8 Å². The highest BCUT2D eigenvalue weighted by Crippen LogP contribution is 2.29. The molecule has 1 unspecified atom stereocenters. The highest BCUT2D eigenvalue weighted by Gasteiger charge is 2.20. The SMILES string of the molecule is CCC(Sc1nnc(N)s1)C(=O)Nc1ccc(I)cc1. The molecule has 1 aromatic heterocycles. The van der Waals surface area contributed by atoms with Crippen LogP contribution in [0.3, 0.4) is 0 Å². The van der Waals surface area contributed by atoms with Gasteiger partial charge in [-0.1, -0.05) is 30.0 Å². The fourth-order valence-corrected chi connectivity index (χ4v) is 3.63. The predicted molar refractivity (Wildman–Crippen MR) is 92.0 cm³/mol. The molecule has 8 heteroatoms. The molecule has 0 aliphatic rings. The third kappa shape index (κ3) is 4.32. The van der Waals surface area contributed by atoms with Gasteiger partial charge in [-0.25, -0.2) is 0 Å². The molecule has 20 heavy (non-hydrogen) atoms. The van der Waals surface area contributed by atoms with Gasteiger partial charge in [0, 0.05) is 9.26 Å². The zero-order chi connectivity index (χ0) is 14.5. The topological polar surface area (TPSA) is 80.9 Å². The molecule has 2 aromatic rings. The summed E-state index contributed by atoms with van der Waals surface area (Å²) in [5.41, 5.74) is 6.34. The van der Waals surface area contributed by atoms with Crippen LogP contribution in [0.5, 0.6) is 0 Å². The first-order valence-corrected chi connectivity index (χ1v) is 8.68. The summed E-state index contributed by atoms with van der Waals surface area (Å²) in [6.07, 6.45) is 0.709. The Morgan fingerprint density at radius 1 is 1.45 bits per heavy atom. The molecule has 0 saturated carbocycles. The van der Waals surface area contributed by atoms with Crippen molar-refractivity contribution in [1.29, 1.82) is 0 Å². The molecule has 0 radical (unpaired) electrons. The van der Waals surface area contributed by atoms with Crippen molar-refractivity contribution in [2.45, 2.75) is 22.9 Å². The third-order valence-corrected chi connectivity index (χ3v) is 5.36. The molecule has 0 aliphatic heterocycles. The van der Waals surface area contributed by atoms with Gasteiger partial charge in [0.15, 0.2) is 4.34 Å². The number of halogens is 1. The first-order chi connectivity index (χ1) is 9.58. The maximum Gasteiger partial charge on any atom is 0.237 e. The van der Waals surface area contributed by atoms with Gasteiger partial charge in [0.2, 0.25) is 11.0 Å². The summed E-state index contributed by atoms with van der Waals surface area (Å²) in [5, 5.41) is 10.8. The van der Waals surface area contributed by atoms with Gasteiger partial charge in [-0.05, 0) is 53.3 Å². The van der Waals surface area contributed by atoms with E-state index >= 15 is 0 Å². The number of rotatable bonds is 5. The fourth-order valence-electron chi connectivity index (χ4n) is 1.47. The molecule has 1 heterocycles. The highest BCUT2D eigenvalue weighted by molar-refractivity contribution is 14.1. The van der Waals surface area contributed by atoms with Crippen molar-refractivity contribution >= 4 is 62.4 Å². The molecule has 0 aliphatic carbocycles. The Hall–Kier alpha value is -0.870. The Balaban J connectivity index is 2.00. The van der Waals surface area contributed by atoms with Crippen molar-refractivity contribution < 1.29 is 4.79 Å². The summed E-state index contributed by atoms with van der Waals surface area (Å²) in [5.74, 6) is -0.0347. The van der Waals surface area contributed by atoms with E-state index in [1.807, 2.05) is 31.2 Å². The summed E-state index contributed by atoms with van der Waals surface area (Å²) in [4.78, 5) is 12.2. The minimum atomic E-state index is -0.207. The van der Waals surface area contributed by atoms with Crippen molar-refractivity contribution in [2.75, 3.05) is 11.1 Å². The van der Waals surface area contributed by atoms with Gasteiger partial charge in [-0.15, -0.1) is 10.2 Å². The zero-order valence-electron chi connectivity index (χ0n) is 10.7. The van der Waals surface area contributed by atoms with Crippen molar-refractivity contribution in [3.8, 4) is 0 Å². The average Bonchev–Trinajstić information content (AvgIpc) is 2.84. The number of anilines is 2. The second-order valence-electron chi connectivity index (χ2n) is 3.92. The first kappa shape index (κ1) is 15.5. The molecule has 0 fully saturated rings. The molecular weight excluding hydrogens is 407 g/mol. The summed E-state index contributed by atoms with van der Waals surface area (Å²) >= 11 is 4.91. The van der Waals surface area contributed by atoms with Gasteiger partial charge in [-0.2, -0.15) is 0 Å². The molecule has 3 N–H and O–H groups in total. The number of nitrogens with one attached hydrogen (secondary N) is 1. The molecular formula is C12H13IN4OS2. The lowest BCUT2D eigenvalue weighted by molar-refractivity contribution is -0.115. The lowest BCUT2D eigenvalue weighted by atomic mass is 10.3. The van der Waals surface area contributed by atoms with Gasteiger partial charge in [0.05, 0.1) is 5.25 Å². The fraction of sp³-hybridized carbons (Fsp3) is 0.250. The van der Waals surface area contributed by atoms with Crippen LogP contribution in [-0.2, 0) is 4.79 Å². The van der Waals surface area contributed by atoms with Crippen LogP contribution < -0.4 is 11.1 Å². The molecule has 1 atom stereocenters. The van der Waals surface area contributed by atoms with E-state index in [0.29, 0.717) is 15.9 Å². The van der Waals surface area contributed by atoms with Crippen LogP contribution in [0.1, 0.15) is 13.3 Å².